The van der Waals surface area contributed by atoms with Crippen molar-refractivity contribution in [2.75, 3.05) is 0 Å². The zero-order chi connectivity index (χ0) is 13.5. The van der Waals surface area contributed by atoms with Gasteiger partial charge in [-0.05, 0) is 0 Å². The molecule has 0 aromatic heterocycles. The fourth-order valence-electron chi connectivity index (χ4n) is 1.06. The summed E-state index contributed by atoms with van der Waals surface area (Å²) in [5.41, 5.74) is 3.00. The summed E-state index contributed by atoms with van der Waals surface area (Å²) in [4.78, 5) is 0. The molecule has 0 aliphatic heterocycles. The van der Waals surface area contributed by atoms with E-state index in [4.69, 9.17) is 23.2 Å². The third-order valence-electron chi connectivity index (χ3n) is 1.91. The maximum absolute atomic E-state index is 13.2. The number of hydrogen-bond donors (Lipinski definition) is 1. The van der Waals surface area contributed by atoms with Gasteiger partial charge in [-0.2, -0.15) is 13.2 Å². The van der Waals surface area contributed by atoms with Crippen LogP contribution in [0.2, 0.25) is 10.0 Å². The van der Waals surface area contributed by atoms with E-state index in [1.807, 2.05) is 0 Å². The second kappa shape index (κ2) is 4.55. The maximum Gasteiger partial charge on any atom is 0.407 e. The van der Waals surface area contributed by atoms with Crippen molar-refractivity contribution in [2.45, 2.75) is 12.2 Å². The van der Waals surface area contributed by atoms with Gasteiger partial charge in [-0.15, -0.1) is 0 Å². The van der Waals surface area contributed by atoms with Crippen LogP contribution in [0, 0.1) is 17.5 Å². The first-order valence-electron chi connectivity index (χ1n) is 3.92. The van der Waals surface area contributed by atoms with Gasteiger partial charge in [0.05, 0.1) is 5.56 Å². The fourth-order valence-corrected chi connectivity index (χ4v) is 1.50. The molecule has 0 saturated heterocycles. The van der Waals surface area contributed by atoms with Gasteiger partial charge in [0.25, 0.3) is 0 Å². The molecule has 0 radical (unpaired) electrons. The van der Waals surface area contributed by atoms with Crippen molar-refractivity contribution < 1.29 is 26.3 Å². The van der Waals surface area contributed by atoms with Crippen LogP contribution in [0.4, 0.5) is 26.3 Å². The Morgan fingerprint density at radius 3 is 1.53 bits per heavy atom. The average Bonchev–Trinajstić information content (AvgIpc) is 2.22. The zero-order valence-corrected chi connectivity index (χ0v) is 9.19. The summed E-state index contributed by atoms with van der Waals surface area (Å²) < 4.78 is 76.1. The van der Waals surface area contributed by atoms with Crippen LogP contribution in [0.5, 0.6) is 0 Å². The minimum Gasteiger partial charge on any atom is -0.316 e. The molecule has 1 aromatic rings. The van der Waals surface area contributed by atoms with Gasteiger partial charge >= 0.3 is 6.18 Å². The van der Waals surface area contributed by atoms with E-state index in [9.17, 15) is 26.3 Å². The molecule has 17 heavy (non-hydrogen) atoms. The zero-order valence-electron chi connectivity index (χ0n) is 7.68. The second-order valence-electron chi connectivity index (χ2n) is 3.00. The molecule has 2 N–H and O–H groups in total. The van der Waals surface area contributed by atoms with E-state index in [0.717, 1.165) is 0 Å². The SMILES string of the molecule is N[C@H](c1c(F)c(Cl)c(F)c(Cl)c1F)C(F)(F)F. The smallest absolute Gasteiger partial charge is 0.316 e. The Balaban J connectivity index is 3.55. The molecule has 0 aliphatic carbocycles. The molecule has 0 fully saturated rings. The molecule has 1 atom stereocenters. The van der Waals surface area contributed by atoms with Gasteiger partial charge in [0.15, 0.2) is 17.5 Å². The number of nitrogens with two attached hydrogens (primary N) is 1. The highest BCUT2D eigenvalue weighted by atomic mass is 35.5. The first-order chi connectivity index (χ1) is 7.59. The molecule has 9 heteroatoms. The van der Waals surface area contributed by atoms with Crippen molar-refractivity contribution in [1.82, 2.24) is 0 Å². The van der Waals surface area contributed by atoms with E-state index < -0.39 is 45.3 Å². The number of alkyl halides is 3. The van der Waals surface area contributed by atoms with Crippen molar-refractivity contribution in [2.24, 2.45) is 5.73 Å². The standard InChI is InChI=1S/C8H3Cl2F6N/c9-2-4(11)1(7(17)8(14,15)16)5(12)3(10)6(2)13/h7H,17H2/t7-/m1/s1. The van der Waals surface area contributed by atoms with Crippen LogP contribution in [-0.4, -0.2) is 6.18 Å². The Kier molecular flexibility index (Phi) is 3.85. The van der Waals surface area contributed by atoms with Gasteiger partial charge in [0, 0.05) is 0 Å². The van der Waals surface area contributed by atoms with E-state index in [1.54, 1.807) is 0 Å². The first-order valence-corrected chi connectivity index (χ1v) is 4.68. The number of halogens is 8. The van der Waals surface area contributed by atoms with Crippen LogP contribution >= 0.6 is 23.2 Å². The van der Waals surface area contributed by atoms with Crippen molar-refractivity contribution in [1.29, 1.82) is 0 Å². The molecule has 0 amide bonds. The summed E-state index contributed by atoms with van der Waals surface area (Å²) in [6, 6.07) is -2.99. The summed E-state index contributed by atoms with van der Waals surface area (Å²) in [5.74, 6) is -5.52. The lowest BCUT2D eigenvalue weighted by molar-refractivity contribution is -0.150. The van der Waals surface area contributed by atoms with Crippen molar-refractivity contribution >= 4 is 23.2 Å². The highest BCUT2D eigenvalue weighted by Crippen LogP contribution is 2.39. The summed E-state index contributed by atoms with van der Waals surface area (Å²) in [5, 5.41) is -2.68. The van der Waals surface area contributed by atoms with Gasteiger partial charge in [-0.3, -0.25) is 0 Å². The summed E-state index contributed by atoms with van der Waals surface area (Å²) in [6.45, 7) is 0. The molecule has 96 valence electrons. The number of benzene rings is 1. The minimum atomic E-state index is -5.12. The highest BCUT2D eigenvalue weighted by Gasteiger charge is 2.42. The molecule has 1 nitrogen and oxygen atoms in total. The Bertz CT molecular complexity index is 429. The Hall–Kier alpha value is -0.660. The first kappa shape index (κ1) is 14.4. The lowest BCUT2D eigenvalue weighted by Crippen LogP contribution is -2.30. The summed E-state index contributed by atoms with van der Waals surface area (Å²) in [7, 11) is 0. The molecule has 0 spiro atoms. The monoisotopic (exact) mass is 297 g/mol. The van der Waals surface area contributed by atoms with Crippen molar-refractivity contribution in [3.8, 4) is 0 Å². The molecule has 0 bridgehead atoms. The summed E-state index contributed by atoms with van der Waals surface area (Å²) in [6.07, 6.45) is -5.12. The van der Waals surface area contributed by atoms with Crippen molar-refractivity contribution in [3.05, 3.63) is 33.1 Å². The normalized spacial score (nSPS) is 13.9. The van der Waals surface area contributed by atoms with Crippen LogP contribution in [0.1, 0.15) is 11.6 Å². The van der Waals surface area contributed by atoms with Crippen LogP contribution in [0.3, 0.4) is 0 Å². The lowest BCUT2D eigenvalue weighted by Gasteiger charge is -2.18. The summed E-state index contributed by atoms with van der Waals surface area (Å²) >= 11 is 10.1. The highest BCUT2D eigenvalue weighted by molar-refractivity contribution is 6.35. The molecule has 0 unspecified atom stereocenters. The van der Waals surface area contributed by atoms with Crippen LogP contribution in [-0.2, 0) is 0 Å². The molecule has 0 saturated carbocycles. The largest absolute Gasteiger partial charge is 0.407 e. The predicted octanol–water partition coefficient (Wildman–Crippen LogP) is 3.97. The molecule has 1 rings (SSSR count). The Morgan fingerprint density at radius 2 is 1.24 bits per heavy atom. The van der Waals surface area contributed by atoms with E-state index >= 15 is 0 Å². The molecule has 0 heterocycles. The molecule has 1 aromatic carbocycles. The molecular formula is C8H3Cl2F6N. The molecule has 0 aliphatic rings. The quantitative estimate of drug-likeness (QED) is 0.474. The van der Waals surface area contributed by atoms with E-state index in [0.29, 0.717) is 0 Å². The maximum atomic E-state index is 13.2. The predicted molar refractivity (Wildman–Crippen MR) is 49.3 cm³/mol. The third-order valence-corrected chi connectivity index (χ3v) is 2.57. The second-order valence-corrected chi connectivity index (χ2v) is 3.76. The average molecular weight is 298 g/mol. The van der Waals surface area contributed by atoms with E-state index in [1.165, 1.54) is 0 Å². The Morgan fingerprint density at radius 1 is 0.882 bits per heavy atom. The van der Waals surface area contributed by atoms with Gasteiger partial charge in [-0.1, -0.05) is 23.2 Å². The van der Waals surface area contributed by atoms with Crippen LogP contribution < -0.4 is 5.73 Å². The van der Waals surface area contributed by atoms with Gasteiger partial charge in [0.1, 0.15) is 16.1 Å². The van der Waals surface area contributed by atoms with Gasteiger partial charge < -0.3 is 5.73 Å². The minimum absolute atomic E-state index is 1.34. The topological polar surface area (TPSA) is 26.0 Å². The van der Waals surface area contributed by atoms with Gasteiger partial charge in [0.2, 0.25) is 0 Å². The molecular weight excluding hydrogens is 295 g/mol. The fraction of sp³-hybridized carbons (Fsp3) is 0.250. The number of hydrogen-bond acceptors (Lipinski definition) is 1. The van der Waals surface area contributed by atoms with Crippen LogP contribution in [0.15, 0.2) is 0 Å². The third kappa shape index (κ3) is 2.46. The number of rotatable bonds is 1. The van der Waals surface area contributed by atoms with E-state index in [-0.39, 0.29) is 0 Å². The van der Waals surface area contributed by atoms with Gasteiger partial charge in [-0.25, -0.2) is 13.2 Å². The lowest BCUT2D eigenvalue weighted by atomic mass is 10.1. The Labute approximate surface area is 101 Å². The van der Waals surface area contributed by atoms with Crippen LogP contribution in [0.25, 0.3) is 0 Å². The van der Waals surface area contributed by atoms with E-state index in [2.05, 4.69) is 5.73 Å². The van der Waals surface area contributed by atoms with Crippen molar-refractivity contribution in [3.63, 3.8) is 0 Å².